The van der Waals surface area contributed by atoms with Crippen molar-refractivity contribution in [3.63, 3.8) is 0 Å². The first kappa shape index (κ1) is 18.2. The van der Waals surface area contributed by atoms with Gasteiger partial charge in [0.05, 0.1) is 24.9 Å². The number of hydrogen-bond acceptors (Lipinski definition) is 6. The highest BCUT2D eigenvalue weighted by atomic mass is 32.2. The number of hydrogen-bond donors (Lipinski definition) is 0. The molecule has 0 aliphatic carbocycles. The summed E-state index contributed by atoms with van der Waals surface area (Å²) in [5, 5.41) is 1.66. The van der Waals surface area contributed by atoms with Gasteiger partial charge in [0.25, 0.3) is 0 Å². The van der Waals surface area contributed by atoms with Crippen LogP contribution in [0.1, 0.15) is 44.1 Å². The molecule has 1 aromatic heterocycles. The van der Waals surface area contributed by atoms with Crippen molar-refractivity contribution in [2.75, 3.05) is 13.7 Å². The lowest BCUT2D eigenvalue weighted by Gasteiger charge is -2.28. The van der Waals surface area contributed by atoms with E-state index in [0.717, 1.165) is 28.9 Å². The van der Waals surface area contributed by atoms with E-state index in [0.29, 0.717) is 5.25 Å². The van der Waals surface area contributed by atoms with Crippen molar-refractivity contribution >= 4 is 16.9 Å². The van der Waals surface area contributed by atoms with Crippen molar-refractivity contribution in [3.05, 3.63) is 53.9 Å². The molecule has 142 valence electrons. The van der Waals surface area contributed by atoms with E-state index < -0.39 is 0 Å². The van der Waals surface area contributed by atoms with Gasteiger partial charge < -0.3 is 14.4 Å². The van der Waals surface area contributed by atoms with E-state index in [-0.39, 0.29) is 18.2 Å². The number of methoxy groups -OCH3 is 1. The second kappa shape index (κ2) is 7.43. The Bertz CT molecular complexity index is 841. The molecular formula is C21H25N3O2S. The predicted octanol–water partition coefficient (Wildman–Crippen LogP) is 4.47. The molecule has 2 aliphatic rings. The largest absolute Gasteiger partial charge is 0.493 e. The van der Waals surface area contributed by atoms with Gasteiger partial charge in [-0.05, 0) is 43.7 Å². The summed E-state index contributed by atoms with van der Waals surface area (Å²) < 4.78 is 11.5. The molecule has 0 bridgehead atoms. The van der Waals surface area contributed by atoms with Crippen LogP contribution < -0.4 is 9.47 Å². The summed E-state index contributed by atoms with van der Waals surface area (Å²) in [6.45, 7) is 7.28. The fraction of sp³-hybridized carbons (Fsp3) is 0.429. The van der Waals surface area contributed by atoms with Crippen LogP contribution in [0.5, 0.6) is 11.5 Å². The van der Waals surface area contributed by atoms with Gasteiger partial charge >= 0.3 is 0 Å². The second-order valence-corrected chi connectivity index (χ2v) is 8.62. The minimum absolute atomic E-state index is 0.0113. The molecule has 3 heterocycles. The molecule has 5 nitrogen and oxygen atoms in total. The molecule has 0 amide bonds. The fourth-order valence-electron chi connectivity index (χ4n) is 3.70. The molecule has 27 heavy (non-hydrogen) atoms. The lowest BCUT2D eigenvalue weighted by Crippen LogP contribution is -2.28. The minimum atomic E-state index is -0.0113. The quantitative estimate of drug-likeness (QED) is 0.762. The lowest BCUT2D eigenvalue weighted by molar-refractivity contribution is 0.229. The number of benzene rings is 1. The highest BCUT2D eigenvalue weighted by Crippen LogP contribution is 2.48. The Labute approximate surface area is 164 Å². The van der Waals surface area contributed by atoms with E-state index in [1.165, 1.54) is 5.56 Å². The first-order chi connectivity index (χ1) is 13.1. The Hall–Kier alpha value is -2.21. The van der Waals surface area contributed by atoms with Crippen LogP contribution in [-0.2, 0) is 0 Å². The van der Waals surface area contributed by atoms with E-state index in [4.69, 9.17) is 14.5 Å². The number of fused-ring (bicyclic) bond motifs is 1. The molecule has 0 spiro atoms. The average Bonchev–Trinajstić information content (AvgIpc) is 3.18. The van der Waals surface area contributed by atoms with E-state index in [1.54, 1.807) is 7.11 Å². The number of pyridine rings is 1. The first-order valence-corrected chi connectivity index (χ1v) is 10.2. The molecule has 1 aromatic carbocycles. The van der Waals surface area contributed by atoms with Gasteiger partial charge in [0.15, 0.2) is 16.7 Å². The van der Waals surface area contributed by atoms with Crippen molar-refractivity contribution in [1.82, 2.24) is 9.88 Å². The Morgan fingerprint density at radius 1 is 1.19 bits per heavy atom. The van der Waals surface area contributed by atoms with Crippen LogP contribution in [0, 0.1) is 0 Å². The Morgan fingerprint density at radius 3 is 2.74 bits per heavy atom. The third-order valence-electron chi connectivity index (χ3n) is 4.77. The minimum Gasteiger partial charge on any atom is -0.493 e. The van der Waals surface area contributed by atoms with Crippen LogP contribution >= 0.6 is 11.8 Å². The topological polar surface area (TPSA) is 47.0 Å². The molecule has 0 radical (unpaired) electrons. The number of nitrogens with zero attached hydrogens (tertiary/aromatic N) is 3. The Morgan fingerprint density at radius 2 is 2.04 bits per heavy atom. The van der Waals surface area contributed by atoms with Crippen LogP contribution in [0.4, 0.5) is 0 Å². The molecule has 1 saturated heterocycles. The van der Waals surface area contributed by atoms with Crippen LogP contribution in [-0.4, -0.2) is 40.1 Å². The van der Waals surface area contributed by atoms with Gasteiger partial charge in [-0.3, -0.25) is 9.98 Å². The van der Waals surface area contributed by atoms with Gasteiger partial charge in [0.1, 0.15) is 6.04 Å². The molecule has 2 aliphatic heterocycles. The maximum Gasteiger partial charge on any atom is 0.161 e. The molecule has 3 atom stereocenters. The third kappa shape index (κ3) is 3.50. The maximum absolute atomic E-state index is 5.89. The molecule has 0 N–H and O–H groups in total. The van der Waals surface area contributed by atoms with E-state index in [9.17, 15) is 0 Å². The number of thioether (sulfide) groups is 1. The lowest BCUT2D eigenvalue weighted by atomic mass is 9.96. The van der Waals surface area contributed by atoms with Crippen LogP contribution in [0.25, 0.3) is 0 Å². The zero-order valence-electron chi connectivity index (χ0n) is 16.1. The van der Waals surface area contributed by atoms with Gasteiger partial charge in [-0.1, -0.05) is 30.8 Å². The smallest absolute Gasteiger partial charge is 0.161 e. The molecule has 1 fully saturated rings. The van der Waals surface area contributed by atoms with Crippen molar-refractivity contribution < 1.29 is 9.47 Å². The normalized spacial score (nSPS) is 24.1. The summed E-state index contributed by atoms with van der Waals surface area (Å²) in [4.78, 5) is 12.0. The van der Waals surface area contributed by atoms with E-state index in [2.05, 4.69) is 35.0 Å². The van der Waals surface area contributed by atoms with Gasteiger partial charge in [0, 0.05) is 18.0 Å². The zero-order chi connectivity index (χ0) is 19.0. The molecule has 0 unspecified atom stereocenters. The summed E-state index contributed by atoms with van der Waals surface area (Å²) in [5.41, 5.74) is 2.17. The van der Waals surface area contributed by atoms with Gasteiger partial charge in [-0.15, -0.1) is 0 Å². The number of amidine groups is 1. The SMILES string of the molecule is COc1cc([C@H]2[C@@H](c3ccccn3)N=C3S[C@@H](C)CN32)ccc1OC(C)C. The summed E-state index contributed by atoms with van der Waals surface area (Å²) >= 11 is 1.85. The summed E-state index contributed by atoms with van der Waals surface area (Å²) in [7, 11) is 1.69. The van der Waals surface area contributed by atoms with Gasteiger partial charge in [-0.25, -0.2) is 0 Å². The molecule has 6 heteroatoms. The van der Waals surface area contributed by atoms with Crippen LogP contribution in [0.15, 0.2) is 47.6 Å². The van der Waals surface area contributed by atoms with Crippen LogP contribution in [0.3, 0.4) is 0 Å². The summed E-state index contributed by atoms with van der Waals surface area (Å²) in [5.74, 6) is 1.53. The number of aromatic nitrogens is 1. The van der Waals surface area contributed by atoms with Crippen molar-refractivity contribution in [2.24, 2.45) is 4.99 Å². The molecular weight excluding hydrogens is 358 g/mol. The summed E-state index contributed by atoms with van der Waals surface area (Å²) in [6, 6.07) is 12.4. The number of ether oxygens (including phenoxy) is 2. The molecule has 0 saturated carbocycles. The Balaban J connectivity index is 1.73. The standard InChI is InChI=1S/C21H25N3O2S/c1-13(2)26-17-9-8-15(11-18(17)25-4)20-19(16-7-5-6-10-22-16)23-21-24(20)12-14(3)27-21/h5-11,13-14,19-20H,12H2,1-4H3/t14-,19+,20-/m0/s1. The van der Waals surface area contributed by atoms with Crippen molar-refractivity contribution in [3.8, 4) is 11.5 Å². The first-order valence-electron chi connectivity index (χ1n) is 9.33. The monoisotopic (exact) mass is 383 g/mol. The third-order valence-corrected chi connectivity index (χ3v) is 5.88. The maximum atomic E-state index is 5.89. The zero-order valence-corrected chi connectivity index (χ0v) is 16.9. The van der Waals surface area contributed by atoms with Gasteiger partial charge in [0.2, 0.25) is 0 Å². The highest BCUT2D eigenvalue weighted by Gasteiger charge is 2.43. The molecule has 2 aromatic rings. The van der Waals surface area contributed by atoms with E-state index in [1.807, 2.05) is 50.0 Å². The van der Waals surface area contributed by atoms with Crippen molar-refractivity contribution in [1.29, 1.82) is 0 Å². The van der Waals surface area contributed by atoms with E-state index >= 15 is 0 Å². The Kier molecular flexibility index (Phi) is 5.00. The van der Waals surface area contributed by atoms with Crippen LogP contribution in [0.2, 0.25) is 0 Å². The number of aliphatic imine (C=N–C) groups is 1. The van der Waals surface area contributed by atoms with Gasteiger partial charge in [-0.2, -0.15) is 0 Å². The number of rotatable bonds is 5. The summed E-state index contributed by atoms with van der Waals surface area (Å²) in [6.07, 6.45) is 1.94. The molecule has 4 rings (SSSR count). The highest BCUT2D eigenvalue weighted by molar-refractivity contribution is 8.14. The van der Waals surface area contributed by atoms with Crippen molar-refractivity contribution in [2.45, 2.75) is 44.2 Å². The predicted molar refractivity (Wildman–Crippen MR) is 110 cm³/mol. The average molecular weight is 384 g/mol. The fourth-order valence-corrected chi connectivity index (χ4v) is 4.79. The second-order valence-electron chi connectivity index (χ2n) is 7.21.